The quantitative estimate of drug-likeness (QED) is 0.567. The number of hydrogen-bond acceptors (Lipinski definition) is 4. The average Bonchev–Trinajstić information content (AvgIpc) is 2.55. The van der Waals surface area contributed by atoms with Gasteiger partial charge in [0.15, 0.2) is 0 Å². The lowest BCUT2D eigenvalue weighted by Crippen LogP contribution is -2.16. The summed E-state index contributed by atoms with van der Waals surface area (Å²) in [7, 11) is 0. The average molecular weight is 347 g/mol. The van der Waals surface area contributed by atoms with Crippen LogP contribution in [0.4, 0.5) is 0 Å². The molecule has 0 saturated carbocycles. The van der Waals surface area contributed by atoms with Crippen molar-refractivity contribution in [1.82, 2.24) is 0 Å². The molecular weight excluding hydrogens is 328 g/mol. The monoisotopic (exact) mass is 346 g/mol. The van der Waals surface area contributed by atoms with Crippen LogP contribution in [0.1, 0.15) is 35.2 Å². The Morgan fingerprint density at radius 2 is 1.92 bits per heavy atom. The van der Waals surface area contributed by atoms with Crippen molar-refractivity contribution in [3.05, 3.63) is 65.3 Å². The molecule has 2 N–H and O–H groups in total. The molecule has 0 fully saturated rings. The summed E-state index contributed by atoms with van der Waals surface area (Å²) < 4.78 is 5.39. The number of halogens is 1. The van der Waals surface area contributed by atoms with Crippen LogP contribution in [0.3, 0.4) is 0 Å². The molecule has 126 valence electrons. The van der Waals surface area contributed by atoms with Crippen molar-refractivity contribution < 1.29 is 19.7 Å². The maximum absolute atomic E-state index is 12.5. The highest BCUT2D eigenvalue weighted by atomic mass is 35.5. The van der Waals surface area contributed by atoms with Gasteiger partial charge in [0.2, 0.25) is 0 Å². The maximum Gasteiger partial charge on any atom is 0.343 e. The molecule has 1 atom stereocenters. The van der Waals surface area contributed by atoms with Crippen LogP contribution in [-0.2, 0) is 4.74 Å². The molecule has 0 bridgehead atoms. The van der Waals surface area contributed by atoms with Crippen molar-refractivity contribution in [2.45, 2.75) is 25.4 Å². The van der Waals surface area contributed by atoms with E-state index in [2.05, 4.69) is 6.58 Å². The molecule has 0 radical (unpaired) electrons. The number of allylic oxidation sites excluding steroid dienone is 4. The minimum Gasteiger partial charge on any atom is -0.507 e. The lowest BCUT2D eigenvalue weighted by Gasteiger charge is -2.16. The molecule has 0 saturated heterocycles. The van der Waals surface area contributed by atoms with Crippen LogP contribution < -0.4 is 0 Å². The SMILES string of the molecule is C=C[C@@H]1C/C=C/CC/C=C/C=C/c2c(Cl)c(O)cc(O)c2C(=O)O1. The Bertz CT molecular complexity index is 717. The molecular formula is C19H19ClO4. The number of esters is 1. The molecule has 0 unspecified atom stereocenters. The van der Waals surface area contributed by atoms with Crippen molar-refractivity contribution in [1.29, 1.82) is 0 Å². The highest BCUT2D eigenvalue weighted by Crippen LogP contribution is 2.37. The van der Waals surface area contributed by atoms with Gasteiger partial charge >= 0.3 is 5.97 Å². The Labute approximate surface area is 146 Å². The first-order valence-corrected chi connectivity index (χ1v) is 7.98. The zero-order valence-corrected chi connectivity index (χ0v) is 13.9. The van der Waals surface area contributed by atoms with Crippen molar-refractivity contribution in [2.24, 2.45) is 0 Å². The molecule has 0 aliphatic carbocycles. The van der Waals surface area contributed by atoms with Crippen LogP contribution in [0, 0.1) is 0 Å². The van der Waals surface area contributed by atoms with E-state index in [4.69, 9.17) is 16.3 Å². The Hall–Kier alpha value is -2.46. The van der Waals surface area contributed by atoms with Crippen LogP contribution in [0.25, 0.3) is 6.08 Å². The minimum absolute atomic E-state index is 0.0217. The summed E-state index contributed by atoms with van der Waals surface area (Å²) in [6.45, 7) is 3.67. The summed E-state index contributed by atoms with van der Waals surface area (Å²) in [4.78, 5) is 12.5. The molecule has 0 amide bonds. The number of aromatic hydroxyl groups is 2. The second-order valence-corrected chi connectivity index (χ2v) is 5.65. The zero-order chi connectivity index (χ0) is 17.5. The number of ether oxygens (including phenoxy) is 1. The highest BCUT2D eigenvalue weighted by Gasteiger charge is 2.23. The summed E-state index contributed by atoms with van der Waals surface area (Å²) in [6, 6.07) is 1.03. The molecule has 1 aliphatic rings. The van der Waals surface area contributed by atoms with Crippen LogP contribution in [-0.4, -0.2) is 22.3 Å². The molecule has 24 heavy (non-hydrogen) atoms. The number of hydrogen-bond donors (Lipinski definition) is 2. The number of carbonyl (C=O) groups excluding carboxylic acids is 1. The van der Waals surface area contributed by atoms with Gasteiger partial charge in [-0.1, -0.05) is 60.7 Å². The number of cyclic esters (lactones) is 1. The fraction of sp³-hybridized carbons (Fsp3) is 0.211. The fourth-order valence-corrected chi connectivity index (χ4v) is 2.49. The minimum atomic E-state index is -0.728. The summed E-state index contributed by atoms with van der Waals surface area (Å²) >= 11 is 6.09. The zero-order valence-electron chi connectivity index (χ0n) is 13.1. The van der Waals surface area contributed by atoms with Gasteiger partial charge < -0.3 is 14.9 Å². The van der Waals surface area contributed by atoms with E-state index in [0.29, 0.717) is 6.42 Å². The van der Waals surface area contributed by atoms with Gasteiger partial charge in [0.25, 0.3) is 0 Å². The Balaban J connectivity index is 2.52. The predicted octanol–water partition coefficient (Wildman–Crippen LogP) is 4.77. The highest BCUT2D eigenvalue weighted by molar-refractivity contribution is 6.34. The van der Waals surface area contributed by atoms with E-state index in [9.17, 15) is 15.0 Å². The number of benzene rings is 1. The smallest absolute Gasteiger partial charge is 0.343 e. The van der Waals surface area contributed by atoms with Crippen molar-refractivity contribution in [2.75, 3.05) is 0 Å². The molecule has 1 aromatic carbocycles. The van der Waals surface area contributed by atoms with Gasteiger partial charge in [0, 0.05) is 18.1 Å². The molecule has 2 rings (SSSR count). The summed E-state index contributed by atoms with van der Waals surface area (Å²) in [6.07, 6.45) is 14.2. The van der Waals surface area contributed by atoms with Gasteiger partial charge in [-0.15, -0.1) is 0 Å². The van der Waals surface area contributed by atoms with Gasteiger partial charge in [0.1, 0.15) is 23.2 Å². The maximum atomic E-state index is 12.5. The normalized spacial score (nSPS) is 22.5. The van der Waals surface area contributed by atoms with Gasteiger partial charge in [0.05, 0.1) is 5.02 Å². The van der Waals surface area contributed by atoms with E-state index in [-0.39, 0.29) is 21.9 Å². The van der Waals surface area contributed by atoms with Crippen LogP contribution in [0.15, 0.2) is 49.1 Å². The molecule has 5 heteroatoms. The standard InChI is InChI=1S/C19H19ClO4/c1-2-13-10-8-6-4-3-5-7-9-11-14-17(19(23)24-13)15(21)12-16(22)18(14)20/h2,5-9,11-13,21-22H,1,3-4,10H2/b7-5+,8-6+,11-9+/t13-/m1/s1. The predicted molar refractivity (Wildman–Crippen MR) is 95.3 cm³/mol. The van der Waals surface area contributed by atoms with Crippen LogP contribution >= 0.6 is 11.6 Å². The third-order valence-electron chi connectivity index (χ3n) is 3.53. The third-order valence-corrected chi connectivity index (χ3v) is 3.93. The molecule has 0 aromatic heterocycles. The topological polar surface area (TPSA) is 66.8 Å². The number of phenolic OH excluding ortho intramolecular Hbond substituents is 2. The first-order valence-electron chi connectivity index (χ1n) is 7.60. The Kier molecular flexibility index (Phi) is 6.27. The second kappa shape index (κ2) is 8.41. The van der Waals surface area contributed by atoms with Gasteiger partial charge in [-0.2, -0.15) is 0 Å². The van der Waals surface area contributed by atoms with E-state index < -0.39 is 17.8 Å². The lowest BCUT2D eigenvalue weighted by molar-refractivity contribution is 0.0396. The number of rotatable bonds is 1. The van der Waals surface area contributed by atoms with Crippen molar-refractivity contribution in [3.8, 4) is 11.5 Å². The van der Waals surface area contributed by atoms with Crippen molar-refractivity contribution in [3.63, 3.8) is 0 Å². The van der Waals surface area contributed by atoms with Gasteiger partial charge in [-0.05, 0) is 12.8 Å². The molecule has 1 aromatic rings. The van der Waals surface area contributed by atoms with E-state index >= 15 is 0 Å². The van der Waals surface area contributed by atoms with Crippen LogP contribution in [0.5, 0.6) is 11.5 Å². The molecule has 1 aliphatic heterocycles. The van der Waals surface area contributed by atoms with Crippen molar-refractivity contribution >= 4 is 23.6 Å². The number of carbonyl (C=O) groups is 1. The van der Waals surface area contributed by atoms with Gasteiger partial charge in [-0.3, -0.25) is 0 Å². The number of phenols is 2. The molecule has 0 spiro atoms. The van der Waals surface area contributed by atoms with E-state index in [0.717, 1.165) is 18.9 Å². The van der Waals surface area contributed by atoms with Crippen LogP contribution in [0.2, 0.25) is 5.02 Å². The first-order chi connectivity index (χ1) is 11.5. The van der Waals surface area contributed by atoms with Gasteiger partial charge in [-0.25, -0.2) is 4.79 Å². The fourth-order valence-electron chi connectivity index (χ4n) is 2.28. The summed E-state index contributed by atoms with van der Waals surface area (Å²) in [5.41, 5.74) is 0.120. The first kappa shape index (κ1) is 17.9. The second-order valence-electron chi connectivity index (χ2n) is 5.27. The van der Waals surface area contributed by atoms with E-state index in [1.54, 1.807) is 12.2 Å². The third kappa shape index (κ3) is 4.30. The van der Waals surface area contributed by atoms with E-state index in [1.165, 1.54) is 6.08 Å². The van der Waals surface area contributed by atoms with E-state index in [1.807, 2.05) is 24.3 Å². The summed E-state index contributed by atoms with van der Waals surface area (Å²) in [5, 5.41) is 19.9. The molecule has 4 nitrogen and oxygen atoms in total. The largest absolute Gasteiger partial charge is 0.507 e. The summed E-state index contributed by atoms with van der Waals surface area (Å²) in [5.74, 6) is -1.43. The Morgan fingerprint density at radius 1 is 1.17 bits per heavy atom. The number of fused-ring (bicyclic) bond motifs is 1. The molecule has 1 heterocycles. The lowest BCUT2D eigenvalue weighted by atomic mass is 10.0. The Morgan fingerprint density at radius 3 is 2.67 bits per heavy atom.